The highest BCUT2D eigenvalue weighted by Gasteiger charge is 2.09. The average Bonchev–Trinajstić information content (AvgIpc) is 2.28. The summed E-state index contributed by atoms with van der Waals surface area (Å²) in [5, 5.41) is 0. The fourth-order valence-electron chi connectivity index (χ4n) is 1.59. The molecule has 0 aliphatic carbocycles. The number of hydrogen-bond acceptors (Lipinski definition) is 2. The van der Waals surface area contributed by atoms with E-state index in [2.05, 4.69) is 26.0 Å². The number of benzene rings is 1. The Labute approximate surface area is 98.8 Å². The van der Waals surface area contributed by atoms with E-state index in [1.807, 2.05) is 19.1 Å². The zero-order valence-electron chi connectivity index (χ0n) is 10.6. The van der Waals surface area contributed by atoms with Crippen molar-refractivity contribution in [2.75, 3.05) is 6.61 Å². The molecule has 2 heteroatoms. The van der Waals surface area contributed by atoms with Crippen LogP contribution in [-0.2, 0) is 0 Å². The molecule has 0 bridgehead atoms. The summed E-state index contributed by atoms with van der Waals surface area (Å²) in [5.74, 6) is 1.56. The zero-order chi connectivity index (χ0) is 12.0. The molecule has 0 aromatic heterocycles. The van der Waals surface area contributed by atoms with E-state index in [-0.39, 0.29) is 6.04 Å². The first-order valence-electron chi connectivity index (χ1n) is 6.12. The van der Waals surface area contributed by atoms with Crippen LogP contribution in [0.4, 0.5) is 0 Å². The predicted octanol–water partition coefficient (Wildman–Crippen LogP) is 3.32. The van der Waals surface area contributed by atoms with Crippen LogP contribution in [0, 0.1) is 0 Å². The molecule has 2 atom stereocenters. The fourth-order valence-corrected chi connectivity index (χ4v) is 1.59. The lowest BCUT2D eigenvalue weighted by Gasteiger charge is -2.16. The fraction of sp³-hybridized carbons (Fsp3) is 0.571. The number of rotatable bonds is 6. The molecule has 0 saturated carbocycles. The van der Waals surface area contributed by atoms with Gasteiger partial charge in [0.1, 0.15) is 5.75 Å². The summed E-state index contributed by atoms with van der Waals surface area (Å²) in [4.78, 5) is 0. The Bertz CT molecular complexity index is 309. The standard InChI is InChI=1S/C14H23NO/c1-4-11(2)13-7-5-6-8-14(13)16-10-9-12(3)15/h5-8,11-12H,4,9-10,15H2,1-3H3. The van der Waals surface area contributed by atoms with Gasteiger partial charge in [0.2, 0.25) is 0 Å². The maximum absolute atomic E-state index is 5.79. The van der Waals surface area contributed by atoms with E-state index >= 15 is 0 Å². The van der Waals surface area contributed by atoms with E-state index in [0.29, 0.717) is 12.5 Å². The van der Waals surface area contributed by atoms with Gasteiger partial charge in [0, 0.05) is 6.04 Å². The molecule has 1 aromatic carbocycles. The van der Waals surface area contributed by atoms with Gasteiger partial charge in [-0.2, -0.15) is 0 Å². The molecule has 16 heavy (non-hydrogen) atoms. The molecule has 0 saturated heterocycles. The second-order valence-electron chi connectivity index (χ2n) is 4.46. The summed E-state index contributed by atoms with van der Waals surface area (Å²) in [6, 6.07) is 8.49. The molecule has 0 amide bonds. The van der Waals surface area contributed by atoms with Crippen LogP contribution in [0.2, 0.25) is 0 Å². The second kappa shape index (κ2) is 6.54. The van der Waals surface area contributed by atoms with Gasteiger partial charge < -0.3 is 10.5 Å². The molecule has 1 aromatic rings. The molecule has 2 N–H and O–H groups in total. The van der Waals surface area contributed by atoms with Crippen molar-refractivity contribution in [1.82, 2.24) is 0 Å². The van der Waals surface area contributed by atoms with Crippen molar-refractivity contribution in [2.45, 2.75) is 45.6 Å². The van der Waals surface area contributed by atoms with Gasteiger partial charge in [-0.25, -0.2) is 0 Å². The first-order chi connectivity index (χ1) is 7.65. The lowest BCUT2D eigenvalue weighted by molar-refractivity contribution is 0.296. The van der Waals surface area contributed by atoms with Crippen molar-refractivity contribution in [2.24, 2.45) is 5.73 Å². The van der Waals surface area contributed by atoms with Crippen molar-refractivity contribution in [3.63, 3.8) is 0 Å². The van der Waals surface area contributed by atoms with Crippen LogP contribution >= 0.6 is 0 Å². The van der Waals surface area contributed by atoms with Crippen molar-refractivity contribution >= 4 is 0 Å². The number of ether oxygens (including phenoxy) is 1. The van der Waals surface area contributed by atoms with Crippen LogP contribution in [0.3, 0.4) is 0 Å². The molecule has 0 aliphatic heterocycles. The molecule has 1 rings (SSSR count). The van der Waals surface area contributed by atoms with Crippen LogP contribution < -0.4 is 10.5 Å². The third-order valence-electron chi connectivity index (χ3n) is 2.89. The summed E-state index contributed by atoms with van der Waals surface area (Å²) >= 11 is 0. The van der Waals surface area contributed by atoms with Crippen LogP contribution in [-0.4, -0.2) is 12.6 Å². The third-order valence-corrected chi connectivity index (χ3v) is 2.89. The summed E-state index contributed by atoms with van der Waals surface area (Å²) in [5.41, 5.74) is 7.00. The van der Waals surface area contributed by atoms with Gasteiger partial charge in [-0.3, -0.25) is 0 Å². The summed E-state index contributed by atoms with van der Waals surface area (Å²) in [6.07, 6.45) is 2.03. The molecular formula is C14H23NO. The van der Waals surface area contributed by atoms with E-state index in [0.717, 1.165) is 18.6 Å². The summed E-state index contributed by atoms with van der Waals surface area (Å²) in [7, 11) is 0. The summed E-state index contributed by atoms with van der Waals surface area (Å²) in [6.45, 7) is 7.13. The van der Waals surface area contributed by atoms with Crippen molar-refractivity contribution in [3.05, 3.63) is 29.8 Å². The molecular weight excluding hydrogens is 198 g/mol. The quantitative estimate of drug-likeness (QED) is 0.799. The van der Waals surface area contributed by atoms with Gasteiger partial charge >= 0.3 is 0 Å². The first-order valence-corrected chi connectivity index (χ1v) is 6.12. The van der Waals surface area contributed by atoms with E-state index in [1.165, 1.54) is 5.56 Å². The smallest absolute Gasteiger partial charge is 0.122 e. The Balaban J connectivity index is 2.64. The molecule has 0 heterocycles. The lowest BCUT2D eigenvalue weighted by atomic mass is 9.98. The third kappa shape index (κ3) is 3.86. The highest BCUT2D eigenvalue weighted by Crippen LogP contribution is 2.28. The monoisotopic (exact) mass is 221 g/mol. The Kier molecular flexibility index (Phi) is 5.33. The highest BCUT2D eigenvalue weighted by atomic mass is 16.5. The zero-order valence-corrected chi connectivity index (χ0v) is 10.6. The number of nitrogens with two attached hydrogens (primary N) is 1. The van der Waals surface area contributed by atoms with Crippen molar-refractivity contribution < 1.29 is 4.74 Å². The van der Waals surface area contributed by atoms with Gasteiger partial charge in [-0.1, -0.05) is 32.0 Å². The van der Waals surface area contributed by atoms with E-state index in [9.17, 15) is 0 Å². The summed E-state index contributed by atoms with van der Waals surface area (Å²) < 4.78 is 5.79. The van der Waals surface area contributed by atoms with Gasteiger partial charge in [0.25, 0.3) is 0 Å². The van der Waals surface area contributed by atoms with E-state index in [1.54, 1.807) is 0 Å². The SMILES string of the molecule is CCC(C)c1ccccc1OCCC(C)N. The Morgan fingerprint density at radius 3 is 2.56 bits per heavy atom. The Hall–Kier alpha value is -1.02. The van der Waals surface area contributed by atoms with Gasteiger partial charge in [-0.05, 0) is 37.3 Å². The van der Waals surface area contributed by atoms with E-state index in [4.69, 9.17) is 10.5 Å². The van der Waals surface area contributed by atoms with Crippen molar-refractivity contribution in [3.8, 4) is 5.75 Å². The number of hydrogen-bond donors (Lipinski definition) is 1. The van der Waals surface area contributed by atoms with Gasteiger partial charge in [0.05, 0.1) is 6.61 Å². The molecule has 0 aliphatic rings. The second-order valence-corrected chi connectivity index (χ2v) is 4.46. The van der Waals surface area contributed by atoms with Crippen LogP contribution in [0.25, 0.3) is 0 Å². The molecule has 2 nitrogen and oxygen atoms in total. The maximum atomic E-state index is 5.79. The van der Waals surface area contributed by atoms with Gasteiger partial charge in [0.15, 0.2) is 0 Å². The minimum Gasteiger partial charge on any atom is -0.493 e. The maximum Gasteiger partial charge on any atom is 0.122 e. The average molecular weight is 221 g/mol. The van der Waals surface area contributed by atoms with Crippen LogP contribution in [0.15, 0.2) is 24.3 Å². The molecule has 0 spiro atoms. The van der Waals surface area contributed by atoms with Crippen molar-refractivity contribution in [1.29, 1.82) is 0 Å². The molecule has 2 unspecified atom stereocenters. The van der Waals surface area contributed by atoms with Crippen LogP contribution in [0.5, 0.6) is 5.75 Å². The van der Waals surface area contributed by atoms with Crippen LogP contribution in [0.1, 0.15) is 45.1 Å². The highest BCUT2D eigenvalue weighted by molar-refractivity contribution is 5.35. The van der Waals surface area contributed by atoms with Gasteiger partial charge in [-0.15, -0.1) is 0 Å². The molecule has 90 valence electrons. The Morgan fingerprint density at radius 2 is 1.94 bits per heavy atom. The molecule has 0 fully saturated rings. The van der Waals surface area contributed by atoms with E-state index < -0.39 is 0 Å². The normalized spacial score (nSPS) is 14.5. The number of para-hydroxylation sites is 1. The predicted molar refractivity (Wildman–Crippen MR) is 68.9 cm³/mol. The largest absolute Gasteiger partial charge is 0.493 e. The minimum atomic E-state index is 0.204. The first kappa shape index (κ1) is 13.0. The minimum absolute atomic E-state index is 0.204. The Morgan fingerprint density at radius 1 is 1.25 bits per heavy atom. The lowest BCUT2D eigenvalue weighted by Crippen LogP contribution is -2.18. The topological polar surface area (TPSA) is 35.2 Å². The molecule has 0 radical (unpaired) electrons.